The molecule has 13 heavy (non-hydrogen) atoms. The van der Waals surface area contributed by atoms with Crippen molar-refractivity contribution in [3.05, 3.63) is 35.1 Å². The zero-order valence-electron chi connectivity index (χ0n) is 7.63. The van der Waals surface area contributed by atoms with E-state index in [2.05, 4.69) is 0 Å². The summed E-state index contributed by atoms with van der Waals surface area (Å²) in [5.74, 6) is -0.259. The van der Waals surface area contributed by atoms with Gasteiger partial charge in [0.15, 0.2) is 0 Å². The van der Waals surface area contributed by atoms with Crippen LogP contribution in [0.3, 0.4) is 0 Å². The summed E-state index contributed by atoms with van der Waals surface area (Å²) in [5.41, 5.74) is 7.34. The molecule has 0 saturated heterocycles. The topological polar surface area (TPSA) is 46.2 Å². The van der Waals surface area contributed by atoms with Crippen LogP contribution in [-0.4, -0.2) is 11.7 Å². The molecule has 1 aromatic carbocycles. The van der Waals surface area contributed by atoms with Crippen molar-refractivity contribution in [2.75, 3.05) is 6.61 Å². The molecule has 0 aliphatic rings. The van der Waals surface area contributed by atoms with Crippen molar-refractivity contribution in [2.45, 2.75) is 19.4 Å². The first-order valence-corrected chi connectivity index (χ1v) is 4.33. The summed E-state index contributed by atoms with van der Waals surface area (Å²) >= 11 is 0. The summed E-state index contributed by atoms with van der Waals surface area (Å²) < 4.78 is 12.8. The summed E-state index contributed by atoms with van der Waals surface area (Å²) in [5, 5.41) is 8.86. The third-order valence-electron chi connectivity index (χ3n) is 2.08. The fourth-order valence-corrected chi connectivity index (χ4v) is 1.34. The third-order valence-corrected chi connectivity index (χ3v) is 2.08. The van der Waals surface area contributed by atoms with Gasteiger partial charge in [0.2, 0.25) is 0 Å². The van der Waals surface area contributed by atoms with Gasteiger partial charge in [0.1, 0.15) is 5.82 Å². The van der Waals surface area contributed by atoms with Crippen LogP contribution >= 0.6 is 0 Å². The molecule has 0 radical (unpaired) electrons. The van der Waals surface area contributed by atoms with E-state index in [4.69, 9.17) is 10.8 Å². The van der Waals surface area contributed by atoms with E-state index in [0.717, 1.165) is 17.5 Å². The molecule has 0 spiro atoms. The molecular formula is C10H14FNO. The van der Waals surface area contributed by atoms with Crippen molar-refractivity contribution >= 4 is 0 Å². The minimum Gasteiger partial charge on any atom is -0.394 e. The number of halogens is 1. The monoisotopic (exact) mass is 183 g/mol. The molecule has 0 amide bonds. The third kappa shape index (κ3) is 2.26. The Kier molecular flexibility index (Phi) is 3.39. The van der Waals surface area contributed by atoms with E-state index in [1.807, 2.05) is 6.92 Å². The molecule has 1 atom stereocenters. The fourth-order valence-electron chi connectivity index (χ4n) is 1.34. The quantitative estimate of drug-likeness (QED) is 0.743. The Morgan fingerprint density at radius 2 is 2.23 bits per heavy atom. The van der Waals surface area contributed by atoms with E-state index in [1.54, 1.807) is 6.07 Å². The fraction of sp³-hybridized carbons (Fsp3) is 0.400. The molecular weight excluding hydrogens is 169 g/mol. The summed E-state index contributed by atoms with van der Waals surface area (Å²) in [4.78, 5) is 0. The highest BCUT2D eigenvalue weighted by Crippen LogP contribution is 2.17. The molecule has 3 heteroatoms. The summed E-state index contributed by atoms with van der Waals surface area (Å²) in [6.07, 6.45) is 0.723. The Balaban J connectivity index is 3.05. The van der Waals surface area contributed by atoms with Crippen molar-refractivity contribution in [2.24, 2.45) is 5.73 Å². The largest absolute Gasteiger partial charge is 0.394 e. The van der Waals surface area contributed by atoms with E-state index in [9.17, 15) is 4.39 Å². The van der Waals surface area contributed by atoms with Crippen LogP contribution in [0, 0.1) is 5.82 Å². The first-order chi connectivity index (χ1) is 6.19. The minimum absolute atomic E-state index is 0.112. The smallest absolute Gasteiger partial charge is 0.123 e. The molecule has 0 fully saturated rings. The van der Waals surface area contributed by atoms with Gasteiger partial charge in [-0.25, -0.2) is 4.39 Å². The van der Waals surface area contributed by atoms with E-state index >= 15 is 0 Å². The molecule has 0 heterocycles. The van der Waals surface area contributed by atoms with Crippen molar-refractivity contribution in [1.82, 2.24) is 0 Å². The Morgan fingerprint density at radius 3 is 2.77 bits per heavy atom. The maximum Gasteiger partial charge on any atom is 0.123 e. The van der Waals surface area contributed by atoms with Crippen LogP contribution in [0.2, 0.25) is 0 Å². The lowest BCUT2D eigenvalue weighted by atomic mass is 9.99. The van der Waals surface area contributed by atoms with Gasteiger partial charge < -0.3 is 10.8 Å². The first kappa shape index (κ1) is 10.2. The Hall–Kier alpha value is -0.930. The van der Waals surface area contributed by atoms with Crippen molar-refractivity contribution in [3.8, 4) is 0 Å². The molecule has 0 aliphatic heterocycles. The SMILES string of the molecule is CCc1cc(F)ccc1C(N)CO. The van der Waals surface area contributed by atoms with Crippen LogP contribution in [0.5, 0.6) is 0 Å². The van der Waals surface area contributed by atoms with Gasteiger partial charge in [-0.05, 0) is 29.7 Å². The van der Waals surface area contributed by atoms with E-state index in [0.29, 0.717) is 0 Å². The predicted molar refractivity (Wildman–Crippen MR) is 49.8 cm³/mol. The molecule has 0 aliphatic carbocycles. The van der Waals surface area contributed by atoms with Gasteiger partial charge in [-0.15, -0.1) is 0 Å². The van der Waals surface area contributed by atoms with Crippen molar-refractivity contribution in [1.29, 1.82) is 0 Å². The predicted octanol–water partition coefficient (Wildman–Crippen LogP) is 1.38. The van der Waals surface area contributed by atoms with Gasteiger partial charge in [-0.2, -0.15) is 0 Å². The number of hydrogen-bond acceptors (Lipinski definition) is 2. The summed E-state index contributed by atoms with van der Waals surface area (Å²) in [7, 11) is 0. The second-order valence-corrected chi connectivity index (χ2v) is 2.99. The summed E-state index contributed by atoms with van der Waals surface area (Å²) in [6, 6.07) is 4.06. The second-order valence-electron chi connectivity index (χ2n) is 2.99. The molecule has 0 saturated carbocycles. The van der Waals surface area contributed by atoms with Crippen LogP contribution in [0.15, 0.2) is 18.2 Å². The van der Waals surface area contributed by atoms with Gasteiger partial charge in [-0.3, -0.25) is 0 Å². The van der Waals surface area contributed by atoms with Gasteiger partial charge in [0, 0.05) is 0 Å². The van der Waals surface area contributed by atoms with Crippen LogP contribution < -0.4 is 5.73 Å². The van der Waals surface area contributed by atoms with E-state index in [-0.39, 0.29) is 12.4 Å². The molecule has 72 valence electrons. The molecule has 0 bridgehead atoms. The van der Waals surface area contributed by atoms with Crippen LogP contribution in [-0.2, 0) is 6.42 Å². The van der Waals surface area contributed by atoms with E-state index in [1.165, 1.54) is 12.1 Å². The number of aliphatic hydroxyl groups excluding tert-OH is 1. The minimum atomic E-state index is -0.407. The van der Waals surface area contributed by atoms with E-state index < -0.39 is 6.04 Å². The number of benzene rings is 1. The Bertz CT molecular complexity index is 288. The average molecular weight is 183 g/mol. The summed E-state index contributed by atoms with van der Waals surface area (Å²) in [6.45, 7) is 1.82. The highest BCUT2D eigenvalue weighted by molar-refractivity contribution is 5.30. The van der Waals surface area contributed by atoms with Crippen molar-refractivity contribution < 1.29 is 9.50 Å². The average Bonchev–Trinajstić information content (AvgIpc) is 2.16. The molecule has 3 N–H and O–H groups in total. The number of aryl methyl sites for hydroxylation is 1. The molecule has 2 nitrogen and oxygen atoms in total. The van der Waals surface area contributed by atoms with Crippen LogP contribution in [0.4, 0.5) is 4.39 Å². The number of aliphatic hydroxyl groups is 1. The standard InChI is InChI=1S/C10H14FNO/c1-2-7-5-8(11)3-4-9(7)10(12)6-13/h3-5,10,13H,2,6,12H2,1H3. The highest BCUT2D eigenvalue weighted by atomic mass is 19.1. The maximum atomic E-state index is 12.8. The lowest BCUT2D eigenvalue weighted by Gasteiger charge is -2.13. The Morgan fingerprint density at radius 1 is 1.54 bits per heavy atom. The number of nitrogens with two attached hydrogens (primary N) is 1. The van der Waals surface area contributed by atoms with Crippen molar-refractivity contribution in [3.63, 3.8) is 0 Å². The molecule has 0 aromatic heterocycles. The van der Waals surface area contributed by atoms with Gasteiger partial charge >= 0.3 is 0 Å². The van der Waals surface area contributed by atoms with Gasteiger partial charge in [-0.1, -0.05) is 13.0 Å². The molecule has 1 rings (SSSR count). The Labute approximate surface area is 77.2 Å². The van der Waals surface area contributed by atoms with Gasteiger partial charge in [0.25, 0.3) is 0 Å². The van der Waals surface area contributed by atoms with Crippen LogP contribution in [0.1, 0.15) is 24.1 Å². The number of rotatable bonds is 3. The number of hydrogen-bond donors (Lipinski definition) is 2. The molecule has 1 unspecified atom stereocenters. The highest BCUT2D eigenvalue weighted by Gasteiger charge is 2.09. The zero-order valence-corrected chi connectivity index (χ0v) is 7.63. The molecule has 1 aromatic rings. The maximum absolute atomic E-state index is 12.8. The lowest BCUT2D eigenvalue weighted by molar-refractivity contribution is 0.267. The lowest BCUT2D eigenvalue weighted by Crippen LogP contribution is -2.16. The normalized spacial score (nSPS) is 12.9. The second kappa shape index (κ2) is 4.35. The zero-order chi connectivity index (χ0) is 9.84. The first-order valence-electron chi connectivity index (χ1n) is 4.33. The van der Waals surface area contributed by atoms with Gasteiger partial charge in [0.05, 0.1) is 12.6 Å². The van der Waals surface area contributed by atoms with Crippen LogP contribution in [0.25, 0.3) is 0 Å².